The van der Waals surface area contributed by atoms with Gasteiger partial charge in [-0.3, -0.25) is 9.59 Å². The molecule has 0 radical (unpaired) electrons. The Morgan fingerprint density at radius 3 is 2.67 bits per heavy atom. The topological polar surface area (TPSA) is 65.2 Å². The number of hydrogen-bond donors (Lipinski definition) is 2. The van der Waals surface area contributed by atoms with Gasteiger partial charge in [0.15, 0.2) is 0 Å². The lowest BCUT2D eigenvalue weighted by atomic mass is 10.1. The number of nitrogens with zero attached hydrogens (tertiary/aromatic N) is 1. The third-order valence-electron chi connectivity index (χ3n) is 5.21. The van der Waals surface area contributed by atoms with Gasteiger partial charge in [-0.2, -0.15) is 0 Å². The smallest absolute Gasteiger partial charge is 0.251 e. The van der Waals surface area contributed by atoms with Crippen LogP contribution in [0.1, 0.15) is 24.5 Å². The van der Waals surface area contributed by atoms with Crippen molar-refractivity contribution in [2.24, 2.45) is 0 Å². The Hall–Kier alpha value is -2.92. The van der Waals surface area contributed by atoms with Gasteiger partial charge in [-0.1, -0.05) is 37.3 Å². The van der Waals surface area contributed by atoms with Crippen LogP contribution in [0.2, 0.25) is 0 Å². The van der Waals surface area contributed by atoms with Gasteiger partial charge in [0.2, 0.25) is 5.91 Å². The average molecular weight is 361 g/mol. The van der Waals surface area contributed by atoms with Crippen LogP contribution in [0.4, 0.5) is 5.69 Å². The maximum Gasteiger partial charge on any atom is 0.251 e. The third-order valence-corrected chi connectivity index (χ3v) is 5.21. The van der Waals surface area contributed by atoms with E-state index >= 15 is 0 Å². The molecule has 0 saturated carbocycles. The maximum atomic E-state index is 12.7. The molecule has 27 heavy (non-hydrogen) atoms. The molecule has 0 bridgehead atoms. The number of hydrogen-bond acceptors (Lipinski definition) is 3. The first kappa shape index (κ1) is 17.5. The number of carbonyl (C=O) groups is 2. The molecule has 2 amide bonds. The molecule has 0 aliphatic carbocycles. The molecular weight excluding hydrogens is 338 g/mol. The number of anilines is 1. The van der Waals surface area contributed by atoms with Crippen molar-refractivity contribution in [2.75, 3.05) is 11.4 Å². The Kier molecular flexibility index (Phi) is 4.77. The minimum Gasteiger partial charge on any atom is -0.361 e. The predicted octanol–water partition coefficient (Wildman–Crippen LogP) is 3.19. The average Bonchev–Trinajstić information content (AvgIpc) is 3.23. The summed E-state index contributed by atoms with van der Waals surface area (Å²) in [6.07, 6.45) is 3.95. The fourth-order valence-corrected chi connectivity index (χ4v) is 3.66. The fraction of sp³-hybridized carbons (Fsp3) is 0.273. The molecule has 1 fully saturated rings. The van der Waals surface area contributed by atoms with Gasteiger partial charge in [0.05, 0.1) is 18.2 Å². The number of imide groups is 1. The van der Waals surface area contributed by atoms with Crippen LogP contribution in [-0.2, 0) is 22.4 Å². The summed E-state index contributed by atoms with van der Waals surface area (Å²) in [5, 5.41) is 4.46. The van der Waals surface area contributed by atoms with E-state index in [4.69, 9.17) is 0 Å². The zero-order chi connectivity index (χ0) is 18.8. The summed E-state index contributed by atoms with van der Waals surface area (Å²) in [4.78, 5) is 29.7. The summed E-state index contributed by atoms with van der Waals surface area (Å²) in [5.74, 6) is -0.308. The van der Waals surface area contributed by atoms with Crippen molar-refractivity contribution in [3.8, 4) is 0 Å². The highest BCUT2D eigenvalue weighted by Gasteiger charge is 2.39. The van der Waals surface area contributed by atoms with Crippen LogP contribution in [0.3, 0.4) is 0 Å². The lowest BCUT2D eigenvalue weighted by Crippen LogP contribution is -2.39. The summed E-state index contributed by atoms with van der Waals surface area (Å²) >= 11 is 0. The molecule has 1 aromatic heterocycles. The summed E-state index contributed by atoms with van der Waals surface area (Å²) in [6, 6.07) is 15.3. The molecule has 0 spiro atoms. The number of carbonyl (C=O) groups excluding carboxylic acids is 2. The zero-order valence-corrected chi connectivity index (χ0v) is 15.4. The monoisotopic (exact) mass is 361 g/mol. The molecule has 1 saturated heterocycles. The second kappa shape index (κ2) is 7.37. The lowest BCUT2D eigenvalue weighted by Gasteiger charge is -2.16. The van der Waals surface area contributed by atoms with E-state index in [1.165, 1.54) is 21.4 Å². The Balaban J connectivity index is 1.40. The normalized spacial score (nSPS) is 17.2. The van der Waals surface area contributed by atoms with Crippen LogP contribution < -0.4 is 10.2 Å². The molecule has 2 N–H and O–H groups in total. The van der Waals surface area contributed by atoms with Gasteiger partial charge in [0.1, 0.15) is 0 Å². The molecule has 1 aliphatic heterocycles. The number of rotatable bonds is 6. The SMILES string of the molecule is CCc1ccc(N2C(=O)C[C@@H](NCCc3c[nH]c4ccccc34)C2=O)cc1. The second-order valence-corrected chi connectivity index (χ2v) is 6.91. The van der Waals surface area contributed by atoms with Crippen molar-refractivity contribution in [1.29, 1.82) is 0 Å². The standard InChI is InChI=1S/C22H23N3O2/c1-2-15-7-9-17(10-8-15)25-21(26)13-20(22(25)27)23-12-11-16-14-24-19-6-4-3-5-18(16)19/h3-10,14,20,23-24H,2,11-13H2,1H3/t20-/m1/s1. The van der Waals surface area contributed by atoms with Gasteiger partial charge < -0.3 is 10.3 Å². The number of aromatic nitrogens is 1. The molecule has 1 atom stereocenters. The molecule has 2 heterocycles. The molecule has 4 rings (SSSR count). The van der Waals surface area contributed by atoms with Crippen LogP contribution in [0, 0.1) is 0 Å². The van der Waals surface area contributed by atoms with E-state index in [1.54, 1.807) is 0 Å². The van der Waals surface area contributed by atoms with E-state index in [9.17, 15) is 9.59 Å². The number of amides is 2. The third kappa shape index (κ3) is 3.38. The number of aryl methyl sites for hydroxylation is 1. The van der Waals surface area contributed by atoms with Crippen molar-refractivity contribution in [3.63, 3.8) is 0 Å². The van der Waals surface area contributed by atoms with E-state index in [1.807, 2.05) is 48.7 Å². The van der Waals surface area contributed by atoms with Gasteiger partial charge in [-0.15, -0.1) is 0 Å². The molecule has 5 nitrogen and oxygen atoms in total. The van der Waals surface area contributed by atoms with Crippen LogP contribution in [0.15, 0.2) is 54.7 Å². The number of nitrogens with one attached hydrogen (secondary N) is 2. The Bertz CT molecular complexity index is 975. The summed E-state index contributed by atoms with van der Waals surface area (Å²) < 4.78 is 0. The minimum absolute atomic E-state index is 0.145. The lowest BCUT2D eigenvalue weighted by molar-refractivity contribution is -0.121. The van der Waals surface area contributed by atoms with Gasteiger partial charge in [0.25, 0.3) is 5.91 Å². The molecule has 0 unspecified atom stereocenters. The quantitative estimate of drug-likeness (QED) is 0.663. The van der Waals surface area contributed by atoms with Crippen molar-refractivity contribution in [3.05, 3.63) is 65.9 Å². The first-order valence-electron chi connectivity index (χ1n) is 9.41. The first-order chi connectivity index (χ1) is 13.2. The van der Waals surface area contributed by atoms with Crippen LogP contribution in [0.25, 0.3) is 10.9 Å². The molecule has 3 aromatic rings. The maximum absolute atomic E-state index is 12.7. The van der Waals surface area contributed by atoms with E-state index in [-0.39, 0.29) is 18.2 Å². The summed E-state index contributed by atoms with van der Waals surface area (Å²) in [6.45, 7) is 2.73. The minimum atomic E-state index is -0.450. The van der Waals surface area contributed by atoms with Crippen molar-refractivity contribution in [1.82, 2.24) is 10.3 Å². The number of aromatic amines is 1. The van der Waals surface area contributed by atoms with E-state index < -0.39 is 6.04 Å². The van der Waals surface area contributed by atoms with Gasteiger partial charge in [0, 0.05) is 23.6 Å². The van der Waals surface area contributed by atoms with Crippen molar-refractivity contribution < 1.29 is 9.59 Å². The molecule has 2 aromatic carbocycles. The number of fused-ring (bicyclic) bond motifs is 1. The second-order valence-electron chi connectivity index (χ2n) is 6.91. The fourth-order valence-electron chi connectivity index (χ4n) is 3.66. The molecule has 1 aliphatic rings. The molecule has 138 valence electrons. The zero-order valence-electron chi connectivity index (χ0n) is 15.4. The predicted molar refractivity (Wildman–Crippen MR) is 107 cm³/mol. The highest BCUT2D eigenvalue weighted by atomic mass is 16.2. The number of H-pyrrole nitrogens is 1. The van der Waals surface area contributed by atoms with E-state index in [2.05, 4.69) is 23.3 Å². The van der Waals surface area contributed by atoms with Crippen molar-refractivity contribution >= 4 is 28.4 Å². The van der Waals surface area contributed by atoms with Gasteiger partial charge in [-0.25, -0.2) is 4.90 Å². The van der Waals surface area contributed by atoms with E-state index in [0.29, 0.717) is 12.2 Å². The number of para-hydroxylation sites is 1. The largest absolute Gasteiger partial charge is 0.361 e. The van der Waals surface area contributed by atoms with Crippen LogP contribution in [-0.4, -0.2) is 29.4 Å². The summed E-state index contributed by atoms with van der Waals surface area (Å²) in [5.41, 5.74) is 4.16. The molecular formula is C22H23N3O2. The highest BCUT2D eigenvalue weighted by Crippen LogP contribution is 2.24. The highest BCUT2D eigenvalue weighted by molar-refractivity contribution is 6.22. The summed E-state index contributed by atoms with van der Waals surface area (Å²) in [7, 11) is 0. The van der Waals surface area contributed by atoms with Crippen molar-refractivity contribution in [2.45, 2.75) is 32.2 Å². The first-order valence-corrected chi connectivity index (χ1v) is 9.41. The van der Waals surface area contributed by atoms with Crippen LogP contribution >= 0.6 is 0 Å². The molecule has 5 heteroatoms. The Labute approximate surface area is 158 Å². The van der Waals surface area contributed by atoms with E-state index in [0.717, 1.165) is 18.4 Å². The Morgan fingerprint density at radius 2 is 1.89 bits per heavy atom. The van der Waals surface area contributed by atoms with Crippen LogP contribution in [0.5, 0.6) is 0 Å². The van der Waals surface area contributed by atoms with Gasteiger partial charge >= 0.3 is 0 Å². The number of benzene rings is 2. The van der Waals surface area contributed by atoms with Gasteiger partial charge in [-0.05, 0) is 42.2 Å². The Morgan fingerprint density at radius 1 is 1.11 bits per heavy atom.